The van der Waals surface area contributed by atoms with Crippen molar-refractivity contribution >= 4 is 41.5 Å². The van der Waals surface area contributed by atoms with Gasteiger partial charge in [0.2, 0.25) is 0 Å². The van der Waals surface area contributed by atoms with E-state index in [9.17, 15) is 9.59 Å². The van der Waals surface area contributed by atoms with Crippen molar-refractivity contribution in [2.75, 3.05) is 0 Å². The summed E-state index contributed by atoms with van der Waals surface area (Å²) in [5.41, 5.74) is 0. The Labute approximate surface area is 67.8 Å². The zero-order valence-corrected chi connectivity index (χ0v) is 3.29. The van der Waals surface area contributed by atoms with Crippen molar-refractivity contribution in [1.82, 2.24) is 0 Å². The summed E-state index contributed by atoms with van der Waals surface area (Å²) in [5.74, 6) is -2.87. The number of rotatable bonds is 2. The van der Waals surface area contributed by atoms with Gasteiger partial charge in [0.15, 0.2) is 6.42 Å². The van der Waals surface area contributed by atoms with Crippen molar-refractivity contribution in [2.45, 2.75) is 0 Å². The standard InChI is InChI=1S/C3H3O4.Na.H/c4-2(5)1-3(6)7;;/h1H,(H,4,5)(H,6,7);;. The zero-order chi connectivity index (χ0) is 5.86. The summed E-state index contributed by atoms with van der Waals surface area (Å²) in [4.78, 5) is 18.7. The normalized spacial score (nSPS) is 7.00. The van der Waals surface area contributed by atoms with E-state index in [1.807, 2.05) is 0 Å². The molecule has 0 saturated carbocycles. The van der Waals surface area contributed by atoms with E-state index in [0.717, 1.165) is 0 Å². The van der Waals surface area contributed by atoms with Crippen molar-refractivity contribution in [3.63, 3.8) is 0 Å². The van der Waals surface area contributed by atoms with Crippen LogP contribution in [0.25, 0.3) is 0 Å². The first-order chi connectivity index (χ1) is 3.13. The van der Waals surface area contributed by atoms with Gasteiger partial charge in [0, 0.05) is 0 Å². The van der Waals surface area contributed by atoms with Gasteiger partial charge in [0.25, 0.3) is 0 Å². The van der Waals surface area contributed by atoms with Crippen LogP contribution >= 0.6 is 0 Å². The third-order valence-electron chi connectivity index (χ3n) is 0.247. The van der Waals surface area contributed by atoms with Crippen LogP contribution in [0.5, 0.6) is 0 Å². The van der Waals surface area contributed by atoms with Gasteiger partial charge in [-0.05, 0) is 0 Å². The molecule has 0 aliphatic rings. The number of hydrogen-bond acceptors (Lipinski definition) is 2. The topological polar surface area (TPSA) is 74.6 Å². The Balaban J connectivity index is 0. The van der Waals surface area contributed by atoms with E-state index in [1.165, 1.54) is 0 Å². The molecule has 0 rings (SSSR count). The summed E-state index contributed by atoms with van der Waals surface area (Å²) in [6, 6.07) is 0. The molecular weight excluding hydrogens is 123 g/mol. The van der Waals surface area contributed by atoms with E-state index >= 15 is 0 Å². The summed E-state index contributed by atoms with van der Waals surface area (Å²) in [5, 5.41) is 15.3. The summed E-state index contributed by atoms with van der Waals surface area (Å²) < 4.78 is 0. The molecule has 0 aromatic carbocycles. The van der Waals surface area contributed by atoms with Crippen LogP contribution in [0, 0.1) is 6.42 Å². The number of aliphatic carboxylic acids is 2. The minimum absolute atomic E-state index is 0. The summed E-state index contributed by atoms with van der Waals surface area (Å²) in [6.45, 7) is 0. The first-order valence-corrected chi connectivity index (χ1v) is 1.43. The Bertz CT molecular complexity index is 87.5. The molecule has 0 atom stereocenters. The SMILES string of the molecule is O=C(O)[CH]C(=O)O.[NaH]. The fraction of sp³-hybridized carbons (Fsp3) is 0. The molecule has 0 aliphatic carbocycles. The molecule has 0 bridgehead atoms. The van der Waals surface area contributed by atoms with E-state index < -0.39 is 11.9 Å². The van der Waals surface area contributed by atoms with Crippen LogP contribution in [0.4, 0.5) is 0 Å². The third-order valence-corrected chi connectivity index (χ3v) is 0.247. The Hall–Kier alpha value is -0.0600. The molecule has 2 N–H and O–H groups in total. The van der Waals surface area contributed by atoms with Crippen molar-refractivity contribution in [2.24, 2.45) is 0 Å². The molecule has 0 unspecified atom stereocenters. The van der Waals surface area contributed by atoms with Crippen LogP contribution in [0.2, 0.25) is 0 Å². The van der Waals surface area contributed by atoms with E-state index in [4.69, 9.17) is 10.2 Å². The number of hydrogen-bond donors (Lipinski definition) is 2. The average Bonchev–Trinajstić information content (AvgIpc) is 1.27. The summed E-state index contributed by atoms with van der Waals surface area (Å²) >= 11 is 0. The van der Waals surface area contributed by atoms with Gasteiger partial charge >= 0.3 is 41.5 Å². The molecular formula is C3H4NaO4. The summed E-state index contributed by atoms with van der Waals surface area (Å²) in [7, 11) is 0. The van der Waals surface area contributed by atoms with Gasteiger partial charge in [0.1, 0.15) is 0 Å². The molecule has 0 aromatic rings. The number of carboxylic acid groups (broad SMARTS) is 2. The maximum atomic E-state index is 9.37. The van der Waals surface area contributed by atoms with Gasteiger partial charge in [-0.1, -0.05) is 0 Å². The molecule has 0 spiro atoms. The van der Waals surface area contributed by atoms with Gasteiger partial charge < -0.3 is 10.2 Å². The van der Waals surface area contributed by atoms with E-state index in [-0.39, 0.29) is 36.0 Å². The molecule has 8 heavy (non-hydrogen) atoms. The van der Waals surface area contributed by atoms with Crippen LogP contribution in [-0.2, 0) is 9.59 Å². The molecule has 1 radical (unpaired) electrons. The van der Waals surface area contributed by atoms with Crippen molar-refractivity contribution in [3.05, 3.63) is 6.42 Å². The Kier molecular flexibility index (Phi) is 6.89. The van der Waals surface area contributed by atoms with Crippen LogP contribution in [0.3, 0.4) is 0 Å². The maximum absolute atomic E-state index is 9.37. The molecule has 4 nitrogen and oxygen atoms in total. The van der Waals surface area contributed by atoms with Gasteiger partial charge in [-0.2, -0.15) is 0 Å². The average molecular weight is 127 g/mol. The van der Waals surface area contributed by atoms with Crippen molar-refractivity contribution in [1.29, 1.82) is 0 Å². The van der Waals surface area contributed by atoms with Crippen LogP contribution in [0.15, 0.2) is 0 Å². The van der Waals surface area contributed by atoms with Gasteiger partial charge in [-0.3, -0.25) is 9.59 Å². The molecule has 0 aromatic heterocycles. The fourth-order valence-corrected chi connectivity index (χ4v) is 0.106. The second kappa shape index (κ2) is 5.08. The van der Waals surface area contributed by atoms with Gasteiger partial charge in [-0.15, -0.1) is 0 Å². The summed E-state index contributed by atoms with van der Waals surface area (Å²) in [6.07, 6.45) is 0.167. The van der Waals surface area contributed by atoms with Crippen molar-refractivity contribution in [3.8, 4) is 0 Å². The quantitative estimate of drug-likeness (QED) is 0.357. The molecule has 0 heterocycles. The molecule has 0 amide bonds. The Morgan fingerprint density at radius 2 is 1.38 bits per heavy atom. The predicted molar refractivity (Wildman–Crippen MR) is 26.7 cm³/mol. The molecule has 0 saturated heterocycles. The van der Waals surface area contributed by atoms with Gasteiger partial charge in [0.05, 0.1) is 0 Å². The minimum atomic E-state index is -1.44. The Morgan fingerprint density at radius 1 is 1.12 bits per heavy atom. The second-order valence-electron chi connectivity index (χ2n) is 0.821. The Morgan fingerprint density at radius 3 is 1.38 bits per heavy atom. The van der Waals surface area contributed by atoms with E-state index in [0.29, 0.717) is 0 Å². The third kappa shape index (κ3) is 9.34. The predicted octanol–water partition coefficient (Wildman–Crippen LogP) is -1.29. The monoisotopic (exact) mass is 127 g/mol. The van der Waals surface area contributed by atoms with E-state index in [2.05, 4.69) is 0 Å². The van der Waals surface area contributed by atoms with Crippen LogP contribution < -0.4 is 0 Å². The van der Waals surface area contributed by atoms with Crippen molar-refractivity contribution < 1.29 is 19.8 Å². The van der Waals surface area contributed by atoms with Gasteiger partial charge in [-0.25, -0.2) is 0 Å². The first kappa shape index (κ1) is 10.8. The zero-order valence-electron chi connectivity index (χ0n) is 3.29. The molecule has 0 aliphatic heterocycles. The van der Waals surface area contributed by atoms with Crippen LogP contribution in [0.1, 0.15) is 0 Å². The fourth-order valence-electron chi connectivity index (χ4n) is 0.106. The molecule has 0 fully saturated rings. The number of carbonyl (C=O) groups is 2. The van der Waals surface area contributed by atoms with Crippen LogP contribution in [-0.4, -0.2) is 51.7 Å². The molecule has 41 valence electrons. The number of carboxylic acids is 2. The van der Waals surface area contributed by atoms with E-state index in [1.54, 1.807) is 0 Å². The second-order valence-corrected chi connectivity index (χ2v) is 0.821. The molecule has 5 heteroatoms. The first-order valence-electron chi connectivity index (χ1n) is 1.43.